The van der Waals surface area contributed by atoms with Crippen LogP contribution < -0.4 is 15.4 Å². The van der Waals surface area contributed by atoms with E-state index < -0.39 is 0 Å². The first kappa shape index (κ1) is 16.5. The van der Waals surface area contributed by atoms with E-state index in [2.05, 4.69) is 34.4 Å². The largest absolute Gasteiger partial charge is 0.490 e. The standard InChI is InChI=1S/C14H26N4O2/c1-6-15-13-12(19-5)14(17-9-16-13)18-11(10(3)4)8-20-7-2/h9-11H,6-8H2,1-5H3,(H2,15,16,17,18). The van der Waals surface area contributed by atoms with Gasteiger partial charge in [-0.25, -0.2) is 9.97 Å². The van der Waals surface area contributed by atoms with Crippen LogP contribution >= 0.6 is 0 Å². The van der Waals surface area contributed by atoms with Crippen molar-refractivity contribution in [2.45, 2.75) is 33.7 Å². The van der Waals surface area contributed by atoms with Crippen molar-refractivity contribution in [3.05, 3.63) is 6.33 Å². The van der Waals surface area contributed by atoms with Gasteiger partial charge in [0.2, 0.25) is 5.75 Å². The summed E-state index contributed by atoms with van der Waals surface area (Å²) >= 11 is 0. The molecule has 1 heterocycles. The van der Waals surface area contributed by atoms with Gasteiger partial charge in [-0.3, -0.25) is 0 Å². The van der Waals surface area contributed by atoms with Crippen molar-refractivity contribution in [2.75, 3.05) is 37.5 Å². The molecule has 20 heavy (non-hydrogen) atoms. The summed E-state index contributed by atoms with van der Waals surface area (Å²) in [6.07, 6.45) is 1.53. The summed E-state index contributed by atoms with van der Waals surface area (Å²) in [4.78, 5) is 8.48. The molecule has 0 aliphatic carbocycles. The molecular formula is C14H26N4O2. The number of nitrogens with one attached hydrogen (secondary N) is 2. The monoisotopic (exact) mass is 282 g/mol. The van der Waals surface area contributed by atoms with Crippen LogP contribution in [0.1, 0.15) is 27.7 Å². The Balaban J connectivity index is 2.90. The predicted molar refractivity (Wildman–Crippen MR) is 81.5 cm³/mol. The van der Waals surface area contributed by atoms with Crippen molar-refractivity contribution >= 4 is 11.6 Å². The Morgan fingerprint density at radius 2 is 1.90 bits per heavy atom. The predicted octanol–water partition coefficient (Wildman–Crippen LogP) is 2.39. The summed E-state index contributed by atoms with van der Waals surface area (Å²) in [5.41, 5.74) is 0. The molecule has 6 nitrogen and oxygen atoms in total. The molecule has 0 aliphatic heterocycles. The molecule has 0 aliphatic rings. The van der Waals surface area contributed by atoms with E-state index in [-0.39, 0.29) is 6.04 Å². The zero-order valence-corrected chi connectivity index (χ0v) is 13.1. The van der Waals surface area contributed by atoms with Crippen LogP contribution in [0.5, 0.6) is 5.75 Å². The number of aromatic nitrogens is 2. The van der Waals surface area contributed by atoms with Gasteiger partial charge in [-0.1, -0.05) is 13.8 Å². The molecule has 0 fully saturated rings. The minimum atomic E-state index is 0.174. The highest BCUT2D eigenvalue weighted by Gasteiger charge is 2.18. The summed E-state index contributed by atoms with van der Waals surface area (Å²) in [6.45, 7) is 10.4. The molecule has 1 aromatic heterocycles. The van der Waals surface area contributed by atoms with E-state index in [9.17, 15) is 0 Å². The highest BCUT2D eigenvalue weighted by molar-refractivity contribution is 5.63. The lowest BCUT2D eigenvalue weighted by Crippen LogP contribution is -2.31. The summed E-state index contributed by atoms with van der Waals surface area (Å²) < 4.78 is 10.9. The van der Waals surface area contributed by atoms with Crippen molar-refractivity contribution in [1.29, 1.82) is 0 Å². The van der Waals surface area contributed by atoms with Crippen LogP contribution in [0.25, 0.3) is 0 Å². The lowest BCUT2D eigenvalue weighted by molar-refractivity contribution is 0.126. The van der Waals surface area contributed by atoms with Gasteiger partial charge in [0, 0.05) is 13.2 Å². The first-order chi connectivity index (χ1) is 9.63. The molecule has 1 unspecified atom stereocenters. The Kier molecular flexibility index (Phi) is 7.08. The minimum Gasteiger partial charge on any atom is -0.490 e. The second-order valence-corrected chi connectivity index (χ2v) is 4.79. The number of anilines is 2. The number of ether oxygens (including phenoxy) is 2. The topological polar surface area (TPSA) is 68.3 Å². The molecular weight excluding hydrogens is 256 g/mol. The average Bonchev–Trinajstić information content (AvgIpc) is 2.43. The van der Waals surface area contributed by atoms with Crippen molar-refractivity contribution in [2.24, 2.45) is 5.92 Å². The Labute approximate surface area is 121 Å². The molecule has 0 amide bonds. The lowest BCUT2D eigenvalue weighted by atomic mass is 10.1. The van der Waals surface area contributed by atoms with E-state index in [1.807, 2.05) is 13.8 Å². The Morgan fingerprint density at radius 1 is 1.20 bits per heavy atom. The molecule has 6 heteroatoms. The summed E-state index contributed by atoms with van der Waals surface area (Å²) in [5, 5.41) is 6.56. The van der Waals surface area contributed by atoms with E-state index in [1.54, 1.807) is 7.11 Å². The highest BCUT2D eigenvalue weighted by atomic mass is 16.5. The minimum absolute atomic E-state index is 0.174. The van der Waals surface area contributed by atoms with Gasteiger partial charge in [0.15, 0.2) is 11.6 Å². The van der Waals surface area contributed by atoms with E-state index >= 15 is 0 Å². The maximum atomic E-state index is 5.52. The van der Waals surface area contributed by atoms with Gasteiger partial charge in [-0.05, 0) is 19.8 Å². The number of hydrogen-bond acceptors (Lipinski definition) is 6. The van der Waals surface area contributed by atoms with Crippen molar-refractivity contribution in [1.82, 2.24) is 9.97 Å². The van der Waals surface area contributed by atoms with Crippen LogP contribution in [0.3, 0.4) is 0 Å². The maximum absolute atomic E-state index is 5.52. The van der Waals surface area contributed by atoms with Gasteiger partial charge in [0.05, 0.1) is 19.8 Å². The molecule has 1 atom stereocenters. The molecule has 2 N–H and O–H groups in total. The molecule has 0 saturated heterocycles. The second kappa shape index (κ2) is 8.58. The first-order valence-electron chi connectivity index (χ1n) is 7.11. The average molecular weight is 282 g/mol. The number of hydrogen-bond donors (Lipinski definition) is 2. The van der Waals surface area contributed by atoms with Crippen LogP contribution in [-0.2, 0) is 4.74 Å². The molecule has 114 valence electrons. The van der Waals surface area contributed by atoms with Crippen LogP contribution in [0, 0.1) is 5.92 Å². The van der Waals surface area contributed by atoms with E-state index in [4.69, 9.17) is 9.47 Å². The Bertz CT molecular complexity index is 399. The lowest BCUT2D eigenvalue weighted by Gasteiger charge is -2.24. The molecule has 0 radical (unpaired) electrons. The number of methoxy groups -OCH3 is 1. The van der Waals surface area contributed by atoms with Crippen molar-refractivity contribution in [3.63, 3.8) is 0 Å². The van der Waals surface area contributed by atoms with Gasteiger partial charge in [-0.15, -0.1) is 0 Å². The van der Waals surface area contributed by atoms with E-state index in [0.717, 1.165) is 6.54 Å². The van der Waals surface area contributed by atoms with Gasteiger partial charge < -0.3 is 20.1 Å². The second-order valence-electron chi connectivity index (χ2n) is 4.79. The Hall–Kier alpha value is -1.56. The molecule has 0 aromatic carbocycles. The first-order valence-corrected chi connectivity index (χ1v) is 7.11. The zero-order valence-electron chi connectivity index (χ0n) is 13.1. The van der Waals surface area contributed by atoms with Crippen LogP contribution in [0.4, 0.5) is 11.6 Å². The fraction of sp³-hybridized carbons (Fsp3) is 0.714. The highest BCUT2D eigenvalue weighted by Crippen LogP contribution is 2.29. The van der Waals surface area contributed by atoms with Crippen molar-refractivity contribution < 1.29 is 9.47 Å². The quantitative estimate of drug-likeness (QED) is 0.725. The number of rotatable bonds is 9. The molecule has 0 bridgehead atoms. The van der Waals surface area contributed by atoms with Crippen molar-refractivity contribution in [3.8, 4) is 5.75 Å². The smallest absolute Gasteiger partial charge is 0.204 e. The zero-order chi connectivity index (χ0) is 15.0. The third kappa shape index (κ3) is 4.52. The van der Waals surface area contributed by atoms with Gasteiger partial charge in [-0.2, -0.15) is 0 Å². The van der Waals surface area contributed by atoms with Gasteiger partial charge >= 0.3 is 0 Å². The summed E-state index contributed by atoms with van der Waals surface area (Å²) in [6, 6.07) is 0.174. The van der Waals surface area contributed by atoms with Gasteiger partial charge in [0.1, 0.15) is 6.33 Å². The molecule has 1 rings (SSSR count). The molecule has 0 saturated carbocycles. The van der Waals surface area contributed by atoms with Crippen LogP contribution in [0.15, 0.2) is 6.33 Å². The van der Waals surface area contributed by atoms with Crippen LogP contribution in [0.2, 0.25) is 0 Å². The SMILES string of the molecule is CCNc1ncnc(NC(COCC)C(C)C)c1OC. The third-order valence-corrected chi connectivity index (χ3v) is 2.98. The summed E-state index contributed by atoms with van der Waals surface area (Å²) in [7, 11) is 1.62. The van der Waals surface area contributed by atoms with E-state index in [0.29, 0.717) is 36.5 Å². The Morgan fingerprint density at radius 3 is 2.45 bits per heavy atom. The third-order valence-electron chi connectivity index (χ3n) is 2.98. The van der Waals surface area contributed by atoms with E-state index in [1.165, 1.54) is 6.33 Å². The summed E-state index contributed by atoms with van der Waals surface area (Å²) in [5.74, 6) is 2.45. The maximum Gasteiger partial charge on any atom is 0.204 e. The normalized spacial score (nSPS) is 12.3. The fourth-order valence-corrected chi connectivity index (χ4v) is 1.78. The molecule has 1 aromatic rings. The fourth-order valence-electron chi connectivity index (χ4n) is 1.78. The molecule has 0 spiro atoms. The van der Waals surface area contributed by atoms with Gasteiger partial charge in [0.25, 0.3) is 0 Å². The number of nitrogens with zero attached hydrogens (tertiary/aromatic N) is 2. The van der Waals surface area contributed by atoms with Crippen LogP contribution in [-0.4, -0.2) is 42.9 Å².